The predicted molar refractivity (Wildman–Crippen MR) is 77.0 cm³/mol. The molecule has 1 heterocycles. The summed E-state index contributed by atoms with van der Waals surface area (Å²) in [7, 11) is 0. The Morgan fingerprint density at radius 2 is 2.05 bits per heavy atom. The predicted octanol–water partition coefficient (Wildman–Crippen LogP) is 4.10. The number of nitrogens with one attached hydrogen (secondary N) is 1. The fourth-order valence-electron chi connectivity index (χ4n) is 2.78. The molecule has 0 bridgehead atoms. The van der Waals surface area contributed by atoms with Crippen molar-refractivity contribution in [2.75, 3.05) is 5.32 Å². The molecule has 2 heteroatoms. The SMILES string of the molecule is Cc1ccc(F)cc1CC1CCc2ccccc2N1. The maximum absolute atomic E-state index is 13.3. The first-order valence-electron chi connectivity index (χ1n) is 6.82. The Labute approximate surface area is 113 Å². The minimum absolute atomic E-state index is 0.142. The first-order chi connectivity index (χ1) is 9.22. The smallest absolute Gasteiger partial charge is 0.123 e. The number of hydrogen-bond acceptors (Lipinski definition) is 1. The van der Waals surface area contributed by atoms with E-state index in [1.165, 1.54) is 22.9 Å². The second kappa shape index (κ2) is 5.04. The minimum Gasteiger partial charge on any atom is -0.382 e. The summed E-state index contributed by atoms with van der Waals surface area (Å²) in [6, 6.07) is 13.9. The van der Waals surface area contributed by atoms with Gasteiger partial charge >= 0.3 is 0 Å². The van der Waals surface area contributed by atoms with Crippen LogP contribution in [-0.4, -0.2) is 6.04 Å². The average molecular weight is 255 g/mol. The average Bonchev–Trinajstić information content (AvgIpc) is 2.43. The Morgan fingerprint density at radius 1 is 1.21 bits per heavy atom. The molecule has 0 aromatic heterocycles. The van der Waals surface area contributed by atoms with E-state index in [0.29, 0.717) is 6.04 Å². The summed E-state index contributed by atoms with van der Waals surface area (Å²) in [5.74, 6) is -0.142. The Morgan fingerprint density at radius 3 is 2.95 bits per heavy atom. The van der Waals surface area contributed by atoms with Gasteiger partial charge in [0.25, 0.3) is 0 Å². The Bertz CT molecular complexity index is 592. The van der Waals surface area contributed by atoms with E-state index in [1.807, 2.05) is 13.0 Å². The molecule has 0 saturated heterocycles. The number of hydrogen-bond donors (Lipinski definition) is 1. The molecule has 0 saturated carbocycles. The Kier molecular flexibility index (Phi) is 3.24. The molecule has 1 aliphatic rings. The monoisotopic (exact) mass is 255 g/mol. The normalized spacial score (nSPS) is 17.7. The van der Waals surface area contributed by atoms with Gasteiger partial charge in [-0.2, -0.15) is 0 Å². The number of fused-ring (bicyclic) bond motifs is 1. The van der Waals surface area contributed by atoms with E-state index in [0.717, 1.165) is 24.8 Å². The van der Waals surface area contributed by atoms with Gasteiger partial charge in [-0.1, -0.05) is 24.3 Å². The summed E-state index contributed by atoms with van der Waals surface area (Å²) in [6.07, 6.45) is 3.09. The van der Waals surface area contributed by atoms with Crippen LogP contribution in [0.2, 0.25) is 0 Å². The standard InChI is InChI=1S/C17H18FN/c1-12-6-8-15(18)10-14(12)11-16-9-7-13-4-2-3-5-17(13)19-16/h2-6,8,10,16,19H,7,9,11H2,1H3. The van der Waals surface area contributed by atoms with Crippen LogP contribution in [0.4, 0.5) is 10.1 Å². The van der Waals surface area contributed by atoms with Crippen LogP contribution in [0.3, 0.4) is 0 Å². The molecule has 1 atom stereocenters. The van der Waals surface area contributed by atoms with Gasteiger partial charge in [0.15, 0.2) is 0 Å². The van der Waals surface area contributed by atoms with Crippen LogP contribution >= 0.6 is 0 Å². The Balaban J connectivity index is 1.77. The summed E-state index contributed by atoms with van der Waals surface area (Å²) in [6.45, 7) is 2.05. The zero-order valence-corrected chi connectivity index (χ0v) is 11.1. The first-order valence-corrected chi connectivity index (χ1v) is 6.82. The highest BCUT2D eigenvalue weighted by Crippen LogP contribution is 2.26. The molecule has 2 aromatic carbocycles. The van der Waals surface area contributed by atoms with Crippen LogP contribution in [0.1, 0.15) is 23.1 Å². The molecule has 0 fully saturated rings. The van der Waals surface area contributed by atoms with Crippen molar-refractivity contribution in [1.29, 1.82) is 0 Å². The highest BCUT2D eigenvalue weighted by atomic mass is 19.1. The van der Waals surface area contributed by atoms with E-state index < -0.39 is 0 Å². The molecule has 19 heavy (non-hydrogen) atoms. The summed E-state index contributed by atoms with van der Waals surface area (Å²) >= 11 is 0. The molecule has 0 spiro atoms. The number of anilines is 1. The topological polar surface area (TPSA) is 12.0 Å². The van der Waals surface area contributed by atoms with Crippen LogP contribution in [0.5, 0.6) is 0 Å². The van der Waals surface area contributed by atoms with Gasteiger partial charge in [0.2, 0.25) is 0 Å². The van der Waals surface area contributed by atoms with E-state index in [1.54, 1.807) is 6.07 Å². The fourth-order valence-corrected chi connectivity index (χ4v) is 2.78. The second-order valence-electron chi connectivity index (χ2n) is 5.31. The third-order valence-electron chi connectivity index (χ3n) is 3.92. The van der Waals surface area contributed by atoms with E-state index in [2.05, 4.69) is 29.6 Å². The van der Waals surface area contributed by atoms with Gasteiger partial charge in [-0.05, 0) is 61.1 Å². The maximum atomic E-state index is 13.3. The molecule has 1 N–H and O–H groups in total. The molecule has 3 rings (SSSR count). The molecule has 1 aliphatic heterocycles. The highest BCUT2D eigenvalue weighted by molar-refractivity contribution is 5.54. The number of aryl methyl sites for hydroxylation is 2. The van der Waals surface area contributed by atoms with Crippen molar-refractivity contribution >= 4 is 5.69 Å². The lowest BCUT2D eigenvalue weighted by Crippen LogP contribution is -2.27. The molecule has 1 unspecified atom stereocenters. The molecule has 2 aromatic rings. The summed E-state index contributed by atoms with van der Waals surface area (Å²) < 4.78 is 13.3. The van der Waals surface area contributed by atoms with Crippen LogP contribution in [0.25, 0.3) is 0 Å². The van der Waals surface area contributed by atoms with Crippen molar-refractivity contribution in [3.63, 3.8) is 0 Å². The van der Waals surface area contributed by atoms with Gasteiger partial charge in [0.05, 0.1) is 0 Å². The third-order valence-corrected chi connectivity index (χ3v) is 3.92. The van der Waals surface area contributed by atoms with Gasteiger partial charge in [0, 0.05) is 11.7 Å². The highest BCUT2D eigenvalue weighted by Gasteiger charge is 2.18. The van der Waals surface area contributed by atoms with Crippen molar-refractivity contribution in [1.82, 2.24) is 0 Å². The summed E-state index contributed by atoms with van der Waals surface area (Å²) in [5, 5.41) is 3.57. The lowest BCUT2D eigenvalue weighted by molar-refractivity contribution is 0.608. The van der Waals surface area contributed by atoms with Gasteiger partial charge in [0.1, 0.15) is 5.82 Å². The van der Waals surface area contributed by atoms with Gasteiger partial charge in [-0.3, -0.25) is 0 Å². The zero-order valence-electron chi connectivity index (χ0n) is 11.1. The number of halogens is 1. The maximum Gasteiger partial charge on any atom is 0.123 e. The quantitative estimate of drug-likeness (QED) is 0.851. The van der Waals surface area contributed by atoms with Gasteiger partial charge < -0.3 is 5.32 Å². The van der Waals surface area contributed by atoms with Crippen LogP contribution < -0.4 is 5.32 Å². The van der Waals surface area contributed by atoms with E-state index in [-0.39, 0.29) is 5.82 Å². The minimum atomic E-state index is -0.142. The Hall–Kier alpha value is -1.83. The molecule has 0 amide bonds. The molecule has 0 radical (unpaired) electrons. The van der Waals surface area contributed by atoms with Gasteiger partial charge in [-0.25, -0.2) is 4.39 Å². The first kappa shape index (κ1) is 12.2. The fraction of sp³-hybridized carbons (Fsp3) is 0.294. The van der Waals surface area contributed by atoms with Crippen LogP contribution in [0, 0.1) is 12.7 Å². The second-order valence-corrected chi connectivity index (χ2v) is 5.31. The molecular formula is C17H18FN. The van der Waals surface area contributed by atoms with Crippen molar-refractivity contribution in [2.24, 2.45) is 0 Å². The number of para-hydroxylation sites is 1. The summed E-state index contributed by atoms with van der Waals surface area (Å²) in [4.78, 5) is 0. The molecule has 0 aliphatic carbocycles. The van der Waals surface area contributed by atoms with Crippen molar-refractivity contribution in [3.05, 3.63) is 65.0 Å². The van der Waals surface area contributed by atoms with Crippen LogP contribution in [0.15, 0.2) is 42.5 Å². The molecular weight excluding hydrogens is 237 g/mol. The lowest BCUT2D eigenvalue weighted by Gasteiger charge is -2.27. The van der Waals surface area contributed by atoms with Crippen LogP contribution in [-0.2, 0) is 12.8 Å². The van der Waals surface area contributed by atoms with Crippen molar-refractivity contribution in [2.45, 2.75) is 32.2 Å². The number of benzene rings is 2. The van der Waals surface area contributed by atoms with E-state index in [4.69, 9.17) is 0 Å². The molecule has 98 valence electrons. The van der Waals surface area contributed by atoms with Gasteiger partial charge in [-0.15, -0.1) is 0 Å². The molecule has 1 nitrogen and oxygen atoms in total. The van der Waals surface area contributed by atoms with E-state index >= 15 is 0 Å². The van der Waals surface area contributed by atoms with E-state index in [9.17, 15) is 4.39 Å². The number of rotatable bonds is 2. The zero-order chi connectivity index (χ0) is 13.2. The van der Waals surface area contributed by atoms with Crippen molar-refractivity contribution < 1.29 is 4.39 Å². The summed E-state index contributed by atoms with van der Waals surface area (Å²) in [5.41, 5.74) is 4.89. The van der Waals surface area contributed by atoms with Crippen molar-refractivity contribution in [3.8, 4) is 0 Å². The largest absolute Gasteiger partial charge is 0.382 e. The third kappa shape index (κ3) is 2.62. The lowest BCUT2D eigenvalue weighted by atomic mass is 9.92.